The van der Waals surface area contributed by atoms with E-state index >= 15 is 0 Å². The van der Waals surface area contributed by atoms with Crippen LogP contribution in [0, 0.1) is 5.92 Å². The van der Waals surface area contributed by atoms with Crippen LogP contribution in [0.1, 0.15) is 27.7 Å². The smallest absolute Gasteiger partial charge is 0.315 e. The molecule has 100 valence electrons. The Morgan fingerprint density at radius 2 is 1.82 bits per heavy atom. The van der Waals surface area contributed by atoms with Crippen molar-refractivity contribution in [2.45, 2.75) is 39.8 Å². The first kappa shape index (κ1) is 15.7. The molecule has 0 aliphatic rings. The predicted molar refractivity (Wildman–Crippen MR) is 63.9 cm³/mol. The Balaban J connectivity index is 3.96. The number of amides is 2. The Bertz CT molecular complexity index is 258. The molecule has 0 aliphatic heterocycles. The number of urea groups is 1. The van der Waals surface area contributed by atoms with Crippen LogP contribution >= 0.6 is 0 Å². The third-order valence-corrected chi connectivity index (χ3v) is 2.45. The van der Waals surface area contributed by atoms with Crippen LogP contribution in [0.25, 0.3) is 0 Å². The summed E-state index contributed by atoms with van der Waals surface area (Å²) in [5.74, 6) is -1.55. The molecule has 0 aromatic carbocycles. The molecular weight excluding hydrogens is 224 g/mol. The van der Waals surface area contributed by atoms with Crippen LogP contribution in [-0.2, 0) is 9.53 Å². The molecule has 0 saturated heterocycles. The van der Waals surface area contributed by atoms with Gasteiger partial charge in [-0.15, -0.1) is 0 Å². The molecule has 6 heteroatoms. The Kier molecular flexibility index (Phi) is 7.29. The fourth-order valence-corrected chi connectivity index (χ4v) is 1.15. The number of carbonyl (C=O) groups is 2. The van der Waals surface area contributed by atoms with Gasteiger partial charge in [0, 0.05) is 12.6 Å². The highest BCUT2D eigenvalue weighted by atomic mass is 16.5. The minimum Gasteiger partial charge on any atom is -0.481 e. The summed E-state index contributed by atoms with van der Waals surface area (Å²) in [4.78, 5) is 22.2. The standard InChI is InChI=1S/C11H22N2O4/c1-5-17-6-7(2)12-11(16)13-9(4)8(3)10(14)15/h7-9H,5-6H2,1-4H3,(H,14,15)(H2,12,13,16). The van der Waals surface area contributed by atoms with E-state index in [1.807, 2.05) is 13.8 Å². The average Bonchev–Trinajstić information content (AvgIpc) is 2.24. The molecule has 0 heterocycles. The number of nitrogens with one attached hydrogen (secondary N) is 2. The summed E-state index contributed by atoms with van der Waals surface area (Å²) in [5.41, 5.74) is 0. The van der Waals surface area contributed by atoms with E-state index in [0.29, 0.717) is 13.2 Å². The van der Waals surface area contributed by atoms with E-state index in [4.69, 9.17) is 9.84 Å². The zero-order valence-corrected chi connectivity index (χ0v) is 10.8. The lowest BCUT2D eigenvalue weighted by Crippen LogP contribution is -2.48. The SMILES string of the molecule is CCOCC(C)NC(=O)NC(C)C(C)C(=O)O. The predicted octanol–water partition coefficient (Wildman–Crippen LogP) is 0.820. The molecule has 3 N–H and O–H groups in total. The number of carboxylic acids is 1. The second kappa shape index (κ2) is 7.89. The van der Waals surface area contributed by atoms with Gasteiger partial charge in [0.2, 0.25) is 0 Å². The van der Waals surface area contributed by atoms with Crippen LogP contribution in [0.5, 0.6) is 0 Å². The van der Waals surface area contributed by atoms with Crippen molar-refractivity contribution in [3.63, 3.8) is 0 Å². The molecular formula is C11H22N2O4. The maximum Gasteiger partial charge on any atom is 0.315 e. The number of carbonyl (C=O) groups excluding carboxylic acids is 1. The number of rotatable bonds is 7. The molecule has 3 atom stereocenters. The third kappa shape index (κ3) is 6.78. The Morgan fingerprint density at radius 1 is 1.24 bits per heavy atom. The summed E-state index contributed by atoms with van der Waals surface area (Å²) in [6, 6.07) is -0.910. The van der Waals surface area contributed by atoms with Gasteiger partial charge < -0.3 is 20.5 Å². The highest BCUT2D eigenvalue weighted by Gasteiger charge is 2.21. The van der Waals surface area contributed by atoms with Crippen molar-refractivity contribution in [1.82, 2.24) is 10.6 Å². The molecule has 0 aromatic heterocycles. The Hall–Kier alpha value is -1.30. The fourth-order valence-electron chi connectivity index (χ4n) is 1.15. The molecule has 3 unspecified atom stereocenters. The van der Waals surface area contributed by atoms with E-state index in [0.717, 1.165) is 0 Å². The number of hydrogen-bond donors (Lipinski definition) is 3. The van der Waals surface area contributed by atoms with Gasteiger partial charge in [0.15, 0.2) is 0 Å². The molecule has 17 heavy (non-hydrogen) atoms. The first-order valence-corrected chi connectivity index (χ1v) is 5.76. The molecule has 0 spiro atoms. The van der Waals surface area contributed by atoms with Gasteiger partial charge in [0.05, 0.1) is 18.6 Å². The lowest BCUT2D eigenvalue weighted by atomic mass is 10.0. The molecule has 0 aliphatic carbocycles. The van der Waals surface area contributed by atoms with E-state index in [9.17, 15) is 9.59 Å². The molecule has 0 radical (unpaired) electrons. The summed E-state index contributed by atoms with van der Waals surface area (Å²) >= 11 is 0. The highest BCUT2D eigenvalue weighted by Crippen LogP contribution is 2.01. The molecule has 0 aromatic rings. The first-order chi connectivity index (χ1) is 7.88. The molecule has 0 rings (SSSR count). The van der Waals surface area contributed by atoms with E-state index in [1.54, 1.807) is 13.8 Å². The third-order valence-electron chi connectivity index (χ3n) is 2.45. The maximum absolute atomic E-state index is 11.5. The molecule has 2 amide bonds. The van der Waals surface area contributed by atoms with Crippen LogP contribution < -0.4 is 10.6 Å². The van der Waals surface area contributed by atoms with Crippen molar-refractivity contribution in [2.24, 2.45) is 5.92 Å². The maximum atomic E-state index is 11.5. The van der Waals surface area contributed by atoms with Gasteiger partial charge >= 0.3 is 12.0 Å². The van der Waals surface area contributed by atoms with Gasteiger partial charge in [0.25, 0.3) is 0 Å². The second-order valence-corrected chi connectivity index (χ2v) is 4.09. The molecule has 0 saturated carbocycles. The average molecular weight is 246 g/mol. The van der Waals surface area contributed by atoms with Gasteiger partial charge in [-0.25, -0.2) is 4.79 Å². The van der Waals surface area contributed by atoms with E-state index < -0.39 is 17.9 Å². The van der Waals surface area contributed by atoms with Crippen molar-refractivity contribution in [3.8, 4) is 0 Å². The number of ether oxygens (including phenoxy) is 1. The Labute approximate surface area is 102 Å². The lowest BCUT2D eigenvalue weighted by molar-refractivity contribution is -0.141. The quantitative estimate of drug-likeness (QED) is 0.620. The molecule has 6 nitrogen and oxygen atoms in total. The summed E-state index contributed by atoms with van der Waals surface area (Å²) in [7, 11) is 0. The van der Waals surface area contributed by atoms with E-state index in [2.05, 4.69) is 10.6 Å². The zero-order valence-electron chi connectivity index (χ0n) is 10.8. The van der Waals surface area contributed by atoms with Crippen LogP contribution in [0.3, 0.4) is 0 Å². The summed E-state index contributed by atoms with van der Waals surface area (Å²) < 4.78 is 5.15. The summed E-state index contributed by atoms with van der Waals surface area (Å²) in [6.07, 6.45) is 0. The van der Waals surface area contributed by atoms with E-state index in [1.165, 1.54) is 0 Å². The Morgan fingerprint density at radius 3 is 2.29 bits per heavy atom. The monoisotopic (exact) mass is 246 g/mol. The van der Waals surface area contributed by atoms with Gasteiger partial charge in [-0.3, -0.25) is 4.79 Å². The fraction of sp³-hybridized carbons (Fsp3) is 0.818. The number of aliphatic carboxylic acids is 1. The van der Waals surface area contributed by atoms with Crippen molar-refractivity contribution in [2.75, 3.05) is 13.2 Å². The second-order valence-electron chi connectivity index (χ2n) is 4.09. The van der Waals surface area contributed by atoms with Crippen molar-refractivity contribution >= 4 is 12.0 Å². The van der Waals surface area contributed by atoms with Crippen molar-refractivity contribution < 1.29 is 19.4 Å². The number of hydrogen-bond acceptors (Lipinski definition) is 3. The topological polar surface area (TPSA) is 87.7 Å². The first-order valence-electron chi connectivity index (χ1n) is 5.76. The van der Waals surface area contributed by atoms with Crippen molar-refractivity contribution in [1.29, 1.82) is 0 Å². The van der Waals surface area contributed by atoms with Gasteiger partial charge in [0.1, 0.15) is 0 Å². The molecule has 0 bridgehead atoms. The minimum absolute atomic E-state index is 0.109. The van der Waals surface area contributed by atoms with Gasteiger partial charge in [-0.05, 0) is 27.7 Å². The lowest BCUT2D eigenvalue weighted by Gasteiger charge is -2.20. The molecule has 0 fully saturated rings. The summed E-state index contributed by atoms with van der Waals surface area (Å²) in [6.45, 7) is 7.94. The van der Waals surface area contributed by atoms with Gasteiger partial charge in [-0.2, -0.15) is 0 Å². The normalized spacial score (nSPS) is 15.8. The van der Waals surface area contributed by atoms with E-state index in [-0.39, 0.29) is 12.1 Å². The minimum atomic E-state index is -0.930. The zero-order chi connectivity index (χ0) is 13.4. The van der Waals surface area contributed by atoms with Crippen LogP contribution in [-0.4, -0.2) is 42.4 Å². The van der Waals surface area contributed by atoms with Crippen LogP contribution in [0.15, 0.2) is 0 Å². The largest absolute Gasteiger partial charge is 0.481 e. The summed E-state index contributed by atoms with van der Waals surface area (Å²) in [5, 5.41) is 14.0. The highest BCUT2D eigenvalue weighted by molar-refractivity contribution is 5.76. The van der Waals surface area contributed by atoms with Crippen LogP contribution in [0.4, 0.5) is 4.79 Å². The van der Waals surface area contributed by atoms with Gasteiger partial charge in [-0.1, -0.05) is 0 Å². The van der Waals surface area contributed by atoms with Crippen molar-refractivity contribution in [3.05, 3.63) is 0 Å². The van der Waals surface area contributed by atoms with Crippen LogP contribution in [0.2, 0.25) is 0 Å². The number of carboxylic acid groups (broad SMARTS) is 1.